The van der Waals surface area contributed by atoms with Crippen molar-refractivity contribution >= 4 is 47.4 Å². The Hall–Kier alpha value is 0.380. The fourth-order valence-corrected chi connectivity index (χ4v) is 3.38. The summed E-state index contributed by atoms with van der Waals surface area (Å²) in [4.78, 5) is 2.46. The van der Waals surface area contributed by atoms with E-state index in [1.807, 2.05) is 12.1 Å². The quantitative estimate of drug-likeness (QED) is 0.733. The summed E-state index contributed by atoms with van der Waals surface area (Å²) in [6, 6.07) is 5.79. The van der Waals surface area contributed by atoms with Crippen LogP contribution in [-0.4, -0.2) is 31.1 Å². The number of hydrogen-bond acceptors (Lipinski definition) is 2. The molecule has 0 amide bonds. The summed E-state index contributed by atoms with van der Waals surface area (Å²) in [6.45, 7) is 4.11. The monoisotopic (exact) mass is 432 g/mol. The van der Waals surface area contributed by atoms with Crippen molar-refractivity contribution in [2.24, 2.45) is 5.92 Å². The van der Waals surface area contributed by atoms with Crippen molar-refractivity contribution < 1.29 is 4.39 Å². The molecule has 0 radical (unpaired) electrons. The highest BCUT2D eigenvalue weighted by atomic mass is 127. The molecule has 1 aromatic carbocycles. The molecule has 2 fully saturated rings. The van der Waals surface area contributed by atoms with Gasteiger partial charge in [0.1, 0.15) is 5.82 Å². The van der Waals surface area contributed by atoms with Crippen molar-refractivity contribution in [3.8, 4) is 0 Å². The Bertz CT molecular complexity index is 437. The van der Waals surface area contributed by atoms with Crippen molar-refractivity contribution in [1.82, 2.24) is 10.2 Å². The molecule has 1 atom stereocenters. The molecular weight excluding hydrogens is 413 g/mol. The number of nitrogens with zero attached hydrogens (tertiary/aromatic N) is 1. The van der Waals surface area contributed by atoms with Crippen LogP contribution in [0.25, 0.3) is 0 Å². The highest BCUT2D eigenvalue weighted by Crippen LogP contribution is 2.45. The van der Waals surface area contributed by atoms with Gasteiger partial charge in [-0.3, -0.25) is 4.90 Å². The van der Waals surface area contributed by atoms with E-state index in [-0.39, 0.29) is 30.6 Å². The molecule has 1 aromatic rings. The Morgan fingerprint density at radius 3 is 2.45 bits per heavy atom. The molecule has 1 saturated carbocycles. The van der Waals surface area contributed by atoms with E-state index in [4.69, 9.17) is 0 Å². The Morgan fingerprint density at radius 1 is 1.20 bits per heavy atom. The molecule has 1 aliphatic heterocycles. The molecule has 0 aromatic heterocycles. The molecule has 20 heavy (non-hydrogen) atoms. The van der Waals surface area contributed by atoms with Crippen LogP contribution in [0, 0.1) is 15.3 Å². The highest BCUT2D eigenvalue weighted by molar-refractivity contribution is 14.1. The largest absolute Gasteiger partial charge is 0.314 e. The summed E-state index contributed by atoms with van der Waals surface area (Å²) < 4.78 is 15.2. The van der Waals surface area contributed by atoms with Crippen LogP contribution in [0.4, 0.5) is 4.39 Å². The summed E-state index contributed by atoms with van der Waals surface area (Å²) >= 11 is 2.27. The van der Waals surface area contributed by atoms with Crippen LogP contribution in [0.2, 0.25) is 0 Å². The first-order chi connectivity index (χ1) is 8.75. The van der Waals surface area contributed by atoms with Crippen molar-refractivity contribution in [2.75, 3.05) is 26.2 Å². The van der Waals surface area contributed by atoms with Crippen LogP contribution in [0.5, 0.6) is 0 Å². The lowest BCUT2D eigenvalue weighted by Gasteiger charge is -2.35. The topological polar surface area (TPSA) is 15.3 Å². The van der Waals surface area contributed by atoms with Gasteiger partial charge in [-0.25, -0.2) is 4.39 Å². The van der Waals surface area contributed by atoms with Crippen molar-refractivity contribution in [3.05, 3.63) is 33.1 Å². The van der Waals surface area contributed by atoms with Crippen LogP contribution in [0.15, 0.2) is 18.2 Å². The van der Waals surface area contributed by atoms with Crippen molar-refractivity contribution in [2.45, 2.75) is 18.9 Å². The van der Waals surface area contributed by atoms with E-state index in [9.17, 15) is 4.39 Å². The van der Waals surface area contributed by atoms with Crippen molar-refractivity contribution in [3.63, 3.8) is 0 Å². The Morgan fingerprint density at radius 2 is 1.85 bits per heavy atom. The average molecular weight is 433 g/mol. The fourth-order valence-electron chi connectivity index (χ4n) is 2.86. The second kappa shape index (κ2) is 8.13. The molecule has 0 bridgehead atoms. The van der Waals surface area contributed by atoms with E-state index < -0.39 is 0 Å². The van der Waals surface area contributed by atoms with E-state index in [2.05, 4.69) is 32.8 Å². The van der Waals surface area contributed by atoms with Gasteiger partial charge in [-0.15, -0.1) is 24.8 Å². The Kier molecular flexibility index (Phi) is 7.49. The zero-order chi connectivity index (χ0) is 12.5. The normalized spacial score (nSPS) is 20.7. The number of nitrogens with one attached hydrogen (secondary N) is 1. The van der Waals surface area contributed by atoms with Crippen LogP contribution in [0.1, 0.15) is 24.4 Å². The number of piperazine rings is 1. The third-order valence-electron chi connectivity index (χ3n) is 3.89. The van der Waals surface area contributed by atoms with E-state index in [1.54, 1.807) is 6.07 Å². The minimum atomic E-state index is -0.0363. The molecule has 1 aliphatic carbocycles. The summed E-state index contributed by atoms with van der Waals surface area (Å²) in [5.74, 6) is 0.627. The van der Waals surface area contributed by atoms with Crippen LogP contribution < -0.4 is 5.32 Å². The van der Waals surface area contributed by atoms with Crippen LogP contribution in [-0.2, 0) is 0 Å². The highest BCUT2D eigenvalue weighted by Gasteiger charge is 2.38. The molecule has 3 rings (SSSR count). The zero-order valence-corrected chi connectivity index (χ0v) is 14.9. The number of halogens is 4. The van der Waals surface area contributed by atoms with E-state index >= 15 is 0 Å². The molecule has 1 heterocycles. The molecule has 2 nitrogen and oxygen atoms in total. The maximum atomic E-state index is 14.1. The van der Waals surface area contributed by atoms with Crippen LogP contribution in [0.3, 0.4) is 0 Å². The molecule has 0 unspecified atom stereocenters. The summed E-state index contributed by atoms with van der Waals surface area (Å²) in [6.07, 6.45) is 2.50. The minimum Gasteiger partial charge on any atom is -0.314 e. The molecule has 2 aliphatic rings. The number of benzene rings is 1. The van der Waals surface area contributed by atoms with E-state index in [0.29, 0.717) is 12.0 Å². The molecule has 1 N–H and O–H groups in total. The third kappa shape index (κ3) is 4.19. The average Bonchev–Trinajstić information content (AvgIpc) is 3.20. The Balaban J connectivity index is 0.000001000. The summed E-state index contributed by atoms with van der Waals surface area (Å²) in [5, 5.41) is 3.37. The first-order valence-corrected chi connectivity index (χ1v) is 7.73. The fraction of sp³-hybridized carbons (Fsp3) is 0.571. The summed E-state index contributed by atoms with van der Waals surface area (Å²) in [5.41, 5.74) is 0.909. The SMILES string of the molecule is Cl.Cl.Fc1ccc(I)cc1[C@H](C1CC1)N1CCNCC1. The van der Waals surface area contributed by atoms with Gasteiger partial charge in [-0.05, 0) is 59.5 Å². The van der Waals surface area contributed by atoms with Gasteiger partial charge in [0.05, 0.1) is 0 Å². The summed E-state index contributed by atoms with van der Waals surface area (Å²) in [7, 11) is 0. The van der Waals surface area contributed by atoms with Gasteiger partial charge < -0.3 is 5.32 Å². The predicted molar refractivity (Wildman–Crippen MR) is 93.5 cm³/mol. The van der Waals surface area contributed by atoms with Gasteiger partial charge in [0.2, 0.25) is 0 Å². The third-order valence-corrected chi connectivity index (χ3v) is 4.56. The van der Waals surface area contributed by atoms with Gasteiger partial charge in [-0.1, -0.05) is 0 Å². The lowest BCUT2D eigenvalue weighted by atomic mass is 9.99. The maximum Gasteiger partial charge on any atom is 0.128 e. The molecule has 114 valence electrons. The maximum absolute atomic E-state index is 14.1. The van der Waals surface area contributed by atoms with Crippen molar-refractivity contribution in [1.29, 1.82) is 0 Å². The molecule has 6 heteroatoms. The zero-order valence-electron chi connectivity index (χ0n) is 11.1. The van der Waals surface area contributed by atoms with Gasteiger partial charge in [0, 0.05) is 41.4 Å². The first kappa shape index (κ1) is 18.4. The standard InChI is InChI=1S/C14H18FIN2.2ClH/c15-13-4-3-11(16)9-12(13)14(10-1-2-10)18-7-5-17-6-8-18;;/h3-4,9-10,14,17H,1-2,5-8H2;2*1H/t14-;;/m0../s1. The lowest BCUT2D eigenvalue weighted by Crippen LogP contribution is -2.45. The van der Waals surface area contributed by atoms with Gasteiger partial charge in [-0.2, -0.15) is 0 Å². The first-order valence-electron chi connectivity index (χ1n) is 6.65. The van der Waals surface area contributed by atoms with Gasteiger partial charge >= 0.3 is 0 Å². The van der Waals surface area contributed by atoms with E-state index in [0.717, 1.165) is 35.3 Å². The van der Waals surface area contributed by atoms with Gasteiger partial charge in [0.25, 0.3) is 0 Å². The van der Waals surface area contributed by atoms with E-state index in [1.165, 1.54) is 12.8 Å². The smallest absolute Gasteiger partial charge is 0.128 e. The number of hydrogen-bond donors (Lipinski definition) is 1. The molecular formula is C14H20Cl2FIN2. The number of rotatable bonds is 3. The Labute approximate surface area is 145 Å². The lowest BCUT2D eigenvalue weighted by molar-refractivity contribution is 0.153. The minimum absolute atomic E-state index is 0. The second-order valence-electron chi connectivity index (χ2n) is 5.23. The predicted octanol–water partition coefficient (Wildman–Crippen LogP) is 3.63. The van der Waals surface area contributed by atoms with Gasteiger partial charge in [0.15, 0.2) is 0 Å². The second-order valence-corrected chi connectivity index (χ2v) is 6.48. The molecule has 0 spiro atoms. The van der Waals surface area contributed by atoms with Crippen LogP contribution >= 0.6 is 47.4 Å². The molecule has 1 saturated heterocycles.